The number of hydrogen-bond donors (Lipinski definition) is 1. The third-order valence-corrected chi connectivity index (χ3v) is 2.68. The van der Waals surface area contributed by atoms with Crippen molar-refractivity contribution < 1.29 is 14.2 Å². The van der Waals surface area contributed by atoms with E-state index in [1.54, 1.807) is 0 Å². The van der Waals surface area contributed by atoms with Crippen LogP contribution in [0.3, 0.4) is 0 Å². The molecule has 1 saturated heterocycles. The van der Waals surface area contributed by atoms with Crippen LogP contribution < -0.4 is 10.5 Å². The molecule has 1 aliphatic heterocycles. The highest BCUT2D eigenvalue weighted by Gasteiger charge is 2.17. The third-order valence-electron chi connectivity index (χ3n) is 2.68. The highest BCUT2D eigenvalue weighted by molar-refractivity contribution is 5.26. The largest absolute Gasteiger partial charge is 0.494 e. The Morgan fingerprint density at radius 2 is 1.94 bits per heavy atom. The van der Waals surface area contributed by atoms with Crippen molar-refractivity contribution in [2.45, 2.75) is 19.1 Å². The molecule has 0 aromatic heterocycles. The predicted octanol–water partition coefficient (Wildman–Crippen LogP) is 1.33. The number of benzene rings is 1. The van der Waals surface area contributed by atoms with Gasteiger partial charge in [-0.2, -0.15) is 0 Å². The van der Waals surface area contributed by atoms with E-state index >= 15 is 0 Å². The summed E-state index contributed by atoms with van der Waals surface area (Å²) in [5, 5.41) is 0. The molecule has 94 valence electrons. The summed E-state index contributed by atoms with van der Waals surface area (Å²) >= 11 is 0. The first kappa shape index (κ1) is 12.4. The lowest BCUT2D eigenvalue weighted by molar-refractivity contribution is -0.130. The molecule has 4 heteroatoms. The first-order chi connectivity index (χ1) is 8.38. The Hall–Kier alpha value is -1.10. The first-order valence-electron chi connectivity index (χ1n) is 5.99. The van der Waals surface area contributed by atoms with E-state index in [0.29, 0.717) is 19.3 Å². The lowest BCUT2D eigenvalue weighted by atomic mass is 10.2. The van der Waals surface area contributed by atoms with Crippen molar-refractivity contribution >= 4 is 0 Å². The molecule has 1 heterocycles. The predicted molar refractivity (Wildman–Crippen MR) is 65.0 cm³/mol. The van der Waals surface area contributed by atoms with E-state index in [1.807, 2.05) is 24.3 Å². The van der Waals surface area contributed by atoms with E-state index in [4.69, 9.17) is 19.9 Å². The Kier molecular flexibility index (Phi) is 4.79. The minimum Gasteiger partial charge on any atom is -0.494 e. The van der Waals surface area contributed by atoms with Crippen molar-refractivity contribution in [2.75, 3.05) is 26.4 Å². The van der Waals surface area contributed by atoms with Gasteiger partial charge in [0.1, 0.15) is 11.9 Å². The van der Waals surface area contributed by atoms with Gasteiger partial charge < -0.3 is 19.9 Å². The SMILES string of the molecule is NCc1ccc(OCCCOC2COC2)cc1. The molecular formula is C13H19NO3. The second-order valence-electron chi connectivity index (χ2n) is 4.08. The van der Waals surface area contributed by atoms with Crippen molar-refractivity contribution in [1.82, 2.24) is 0 Å². The van der Waals surface area contributed by atoms with Crippen molar-refractivity contribution in [3.05, 3.63) is 29.8 Å². The first-order valence-corrected chi connectivity index (χ1v) is 5.99. The second-order valence-corrected chi connectivity index (χ2v) is 4.08. The molecule has 1 fully saturated rings. The van der Waals surface area contributed by atoms with Gasteiger partial charge in [-0.3, -0.25) is 0 Å². The summed E-state index contributed by atoms with van der Waals surface area (Å²) in [5.74, 6) is 0.883. The van der Waals surface area contributed by atoms with Crippen LogP contribution in [0.25, 0.3) is 0 Å². The summed E-state index contributed by atoms with van der Waals surface area (Å²) < 4.78 is 16.1. The van der Waals surface area contributed by atoms with E-state index in [1.165, 1.54) is 0 Å². The van der Waals surface area contributed by atoms with Gasteiger partial charge in [0.25, 0.3) is 0 Å². The fraction of sp³-hybridized carbons (Fsp3) is 0.538. The zero-order valence-electron chi connectivity index (χ0n) is 9.93. The summed E-state index contributed by atoms with van der Waals surface area (Å²) in [6, 6.07) is 7.86. The van der Waals surface area contributed by atoms with E-state index in [9.17, 15) is 0 Å². The Balaban J connectivity index is 1.57. The quantitative estimate of drug-likeness (QED) is 0.727. The highest BCUT2D eigenvalue weighted by Crippen LogP contribution is 2.12. The van der Waals surface area contributed by atoms with Gasteiger partial charge in [-0.15, -0.1) is 0 Å². The number of ether oxygens (including phenoxy) is 3. The molecule has 2 rings (SSSR count). The van der Waals surface area contributed by atoms with Crippen LogP contribution in [0, 0.1) is 0 Å². The average molecular weight is 237 g/mol. The number of rotatable bonds is 7. The van der Waals surface area contributed by atoms with Crippen molar-refractivity contribution in [1.29, 1.82) is 0 Å². The van der Waals surface area contributed by atoms with Gasteiger partial charge in [-0.25, -0.2) is 0 Å². The van der Waals surface area contributed by atoms with Gasteiger partial charge in [0.15, 0.2) is 0 Å². The molecule has 4 nitrogen and oxygen atoms in total. The van der Waals surface area contributed by atoms with Crippen molar-refractivity contribution in [3.8, 4) is 5.75 Å². The Morgan fingerprint density at radius 3 is 2.53 bits per heavy atom. The number of nitrogens with two attached hydrogens (primary N) is 1. The molecule has 0 atom stereocenters. The van der Waals surface area contributed by atoms with Crippen LogP contribution in [0.15, 0.2) is 24.3 Å². The van der Waals surface area contributed by atoms with Crippen LogP contribution in [0.4, 0.5) is 0 Å². The van der Waals surface area contributed by atoms with Crippen LogP contribution >= 0.6 is 0 Å². The fourth-order valence-corrected chi connectivity index (χ4v) is 1.53. The zero-order chi connectivity index (χ0) is 11.9. The van der Waals surface area contributed by atoms with Gasteiger partial charge >= 0.3 is 0 Å². The van der Waals surface area contributed by atoms with Crippen LogP contribution in [0.1, 0.15) is 12.0 Å². The summed E-state index contributed by atoms with van der Waals surface area (Å²) in [7, 11) is 0. The minimum atomic E-state index is 0.304. The van der Waals surface area contributed by atoms with E-state index in [2.05, 4.69) is 0 Å². The lowest BCUT2D eigenvalue weighted by Gasteiger charge is -2.25. The van der Waals surface area contributed by atoms with Crippen LogP contribution in [-0.4, -0.2) is 32.5 Å². The second kappa shape index (κ2) is 6.59. The lowest BCUT2D eigenvalue weighted by Crippen LogP contribution is -2.36. The van der Waals surface area contributed by atoms with Gasteiger partial charge in [0, 0.05) is 13.0 Å². The van der Waals surface area contributed by atoms with Gasteiger partial charge in [0.2, 0.25) is 0 Å². The topological polar surface area (TPSA) is 53.7 Å². The Morgan fingerprint density at radius 1 is 1.18 bits per heavy atom. The van der Waals surface area contributed by atoms with Gasteiger partial charge in [-0.1, -0.05) is 12.1 Å². The molecule has 0 unspecified atom stereocenters. The molecular weight excluding hydrogens is 218 g/mol. The summed E-state index contributed by atoms with van der Waals surface area (Å²) in [6.45, 7) is 3.45. The summed E-state index contributed by atoms with van der Waals surface area (Å²) in [4.78, 5) is 0. The molecule has 2 N–H and O–H groups in total. The molecule has 0 saturated carbocycles. The molecule has 0 bridgehead atoms. The molecule has 1 aromatic carbocycles. The number of hydrogen-bond acceptors (Lipinski definition) is 4. The molecule has 0 amide bonds. The summed E-state index contributed by atoms with van der Waals surface area (Å²) in [5.41, 5.74) is 6.64. The van der Waals surface area contributed by atoms with Crippen LogP contribution in [-0.2, 0) is 16.0 Å². The molecule has 0 aliphatic carbocycles. The van der Waals surface area contributed by atoms with Crippen molar-refractivity contribution in [2.24, 2.45) is 5.73 Å². The molecule has 1 aliphatic rings. The van der Waals surface area contributed by atoms with Gasteiger partial charge in [-0.05, 0) is 17.7 Å². The van der Waals surface area contributed by atoms with Crippen molar-refractivity contribution in [3.63, 3.8) is 0 Å². The smallest absolute Gasteiger partial charge is 0.119 e. The maximum Gasteiger partial charge on any atom is 0.119 e. The monoisotopic (exact) mass is 237 g/mol. The average Bonchev–Trinajstić information content (AvgIpc) is 2.32. The molecule has 17 heavy (non-hydrogen) atoms. The Labute approximate surface area is 102 Å². The highest BCUT2D eigenvalue weighted by atomic mass is 16.6. The maximum atomic E-state index is 5.59. The third kappa shape index (κ3) is 4.00. The van der Waals surface area contributed by atoms with E-state index in [-0.39, 0.29) is 0 Å². The standard InChI is InChI=1S/C13H19NO3/c14-8-11-2-4-12(5-3-11)16-6-1-7-17-13-9-15-10-13/h2-5,13H,1,6-10,14H2. The van der Waals surface area contributed by atoms with Gasteiger partial charge in [0.05, 0.1) is 26.4 Å². The zero-order valence-corrected chi connectivity index (χ0v) is 9.93. The molecule has 1 aromatic rings. The van der Waals surface area contributed by atoms with Crippen LogP contribution in [0.5, 0.6) is 5.75 Å². The summed E-state index contributed by atoms with van der Waals surface area (Å²) in [6.07, 6.45) is 1.20. The van der Waals surface area contributed by atoms with E-state index < -0.39 is 0 Å². The minimum absolute atomic E-state index is 0.304. The van der Waals surface area contributed by atoms with Crippen LogP contribution in [0.2, 0.25) is 0 Å². The Bertz CT molecular complexity index is 322. The van der Waals surface area contributed by atoms with E-state index in [0.717, 1.165) is 37.6 Å². The molecule has 0 radical (unpaired) electrons. The normalized spacial score (nSPS) is 15.6. The fourth-order valence-electron chi connectivity index (χ4n) is 1.53. The molecule has 0 spiro atoms. The maximum absolute atomic E-state index is 5.59.